The Morgan fingerprint density at radius 2 is 2.20 bits per heavy atom. The zero-order valence-corrected chi connectivity index (χ0v) is 7.59. The summed E-state index contributed by atoms with van der Waals surface area (Å²) in [5.74, 6) is 0. The first-order chi connectivity index (χ1) is 3.80. The number of aromatic nitrogens is 4. The quantitative estimate of drug-likeness (QED) is 0.402. The summed E-state index contributed by atoms with van der Waals surface area (Å²) in [4.78, 5) is 10.1. The summed E-state index contributed by atoms with van der Waals surface area (Å²) < 4.78 is 0. The third-order valence-electron chi connectivity index (χ3n) is 0.506. The average molecular weight is 279 g/mol. The summed E-state index contributed by atoms with van der Waals surface area (Å²) in [7, 11) is 0. The third kappa shape index (κ3) is 2.87. The van der Waals surface area contributed by atoms with Gasteiger partial charge in [-0.1, -0.05) is 5.10 Å². The van der Waals surface area contributed by atoms with Gasteiger partial charge >= 0.3 is 0 Å². The maximum atomic E-state index is 9.69. The zero-order chi connectivity index (χ0) is 5.98. The van der Waals surface area contributed by atoms with Crippen molar-refractivity contribution in [1.29, 1.82) is 0 Å². The first-order valence-corrected chi connectivity index (χ1v) is 1.68. The van der Waals surface area contributed by atoms with Gasteiger partial charge in [-0.15, -0.1) is 36.4 Å². The van der Waals surface area contributed by atoms with E-state index in [1.54, 1.807) is 0 Å². The molecule has 1 heterocycles. The van der Waals surface area contributed by atoms with Crippen LogP contribution in [0, 0.1) is 10.1 Å². The van der Waals surface area contributed by atoms with E-state index in [2.05, 4.69) is 15.5 Å². The number of nitro groups is 1. The molecule has 0 saturated carbocycles. The second-order valence-corrected chi connectivity index (χ2v) is 0.968. The molecule has 58 valence electrons. The molecule has 0 atom stereocenters. The third-order valence-corrected chi connectivity index (χ3v) is 0.506. The van der Waals surface area contributed by atoms with Gasteiger partial charge in [-0.3, -0.25) is 0 Å². The molecule has 9 heteroatoms. The number of hydrogen-bond donors (Lipinski definition) is 0. The summed E-state index contributed by atoms with van der Waals surface area (Å²) in [5, 5.41) is 18.0. The van der Waals surface area contributed by atoms with Crippen LogP contribution < -0.4 is 0 Å². The Morgan fingerprint density at radius 3 is 2.40 bits per heavy atom. The molecule has 1 rings (SSSR count). The maximum Gasteiger partial charge on any atom is 0.213 e. The second kappa shape index (κ2) is 5.29. The molecule has 1 aromatic rings. The first kappa shape index (κ1) is 12.2. The zero-order valence-electron chi connectivity index (χ0n) is 4.45. The van der Waals surface area contributed by atoms with Crippen LogP contribution in [0.3, 0.4) is 0 Å². The molecule has 0 bridgehead atoms. The van der Waals surface area contributed by atoms with Crippen molar-refractivity contribution in [1.82, 2.24) is 20.3 Å². The van der Waals surface area contributed by atoms with Gasteiger partial charge in [-0.2, -0.15) is 0 Å². The molecule has 0 radical (unpaired) electrons. The van der Waals surface area contributed by atoms with Gasteiger partial charge in [-0.05, 0) is 0 Å². The van der Waals surface area contributed by atoms with Crippen LogP contribution in [0.5, 0.6) is 0 Å². The molecule has 0 fully saturated rings. The molecule has 0 aliphatic heterocycles. The molecule has 0 aromatic carbocycles. The standard InChI is InChI=1S/CHN5O2.ClH.HI/c7-6(8)5-1-2-3-4-5;;/h1H;2*1H. The Hall–Kier alpha value is -0.510. The van der Waals surface area contributed by atoms with Gasteiger partial charge in [0.25, 0.3) is 0 Å². The van der Waals surface area contributed by atoms with Gasteiger partial charge in [0, 0.05) is 0 Å². The van der Waals surface area contributed by atoms with Crippen molar-refractivity contribution in [3.63, 3.8) is 0 Å². The normalized spacial score (nSPS) is 7.20. The van der Waals surface area contributed by atoms with Crippen molar-refractivity contribution in [3.05, 3.63) is 16.4 Å². The highest BCUT2D eigenvalue weighted by molar-refractivity contribution is 14.0. The summed E-state index contributed by atoms with van der Waals surface area (Å²) >= 11 is 0. The molecule has 0 aliphatic carbocycles. The minimum Gasteiger partial charge on any atom is -0.339 e. The Kier molecular flexibility index (Phi) is 6.45. The highest BCUT2D eigenvalue weighted by Crippen LogP contribution is 1.70. The smallest absolute Gasteiger partial charge is 0.213 e. The van der Waals surface area contributed by atoms with E-state index in [-0.39, 0.29) is 36.4 Å². The lowest BCUT2D eigenvalue weighted by atomic mass is 11.4. The molecule has 7 nitrogen and oxygen atoms in total. The lowest BCUT2D eigenvalue weighted by molar-refractivity contribution is -0.553. The van der Waals surface area contributed by atoms with E-state index >= 15 is 0 Å². The Bertz CT molecular complexity index is 188. The van der Waals surface area contributed by atoms with Gasteiger partial charge in [0.05, 0.1) is 9.82 Å². The molecule has 0 spiro atoms. The van der Waals surface area contributed by atoms with E-state index in [9.17, 15) is 10.1 Å². The van der Waals surface area contributed by atoms with E-state index in [0.717, 1.165) is 6.33 Å². The number of tetrazole rings is 1. The van der Waals surface area contributed by atoms with Crippen LogP contribution >= 0.6 is 36.4 Å². The van der Waals surface area contributed by atoms with Crippen LogP contribution in [0.2, 0.25) is 0 Å². The predicted molar refractivity (Wildman–Crippen MR) is 42.9 cm³/mol. The van der Waals surface area contributed by atoms with Gasteiger partial charge < -0.3 is 10.1 Å². The van der Waals surface area contributed by atoms with E-state index in [0.29, 0.717) is 4.79 Å². The van der Waals surface area contributed by atoms with Gasteiger partial charge in [0.1, 0.15) is 5.21 Å². The molecule has 0 amide bonds. The Morgan fingerprint density at radius 1 is 1.60 bits per heavy atom. The highest BCUT2D eigenvalue weighted by atomic mass is 127. The topological polar surface area (TPSA) is 86.7 Å². The van der Waals surface area contributed by atoms with E-state index in [1.165, 1.54) is 0 Å². The van der Waals surface area contributed by atoms with Crippen molar-refractivity contribution >= 4 is 36.4 Å². The molecule has 0 aliphatic rings. The monoisotopic (exact) mass is 279 g/mol. The Balaban J connectivity index is 0. The van der Waals surface area contributed by atoms with Crippen LogP contribution in [0.15, 0.2) is 6.33 Å². The fourth-order valence-electron chi connectivity index (χ4n) is 0.231. The number of halogens is 2. The highest BCUT2D eigenvalue weighted by Gasteiger charge is 1.98. The fourth-order valence-corrected chi connectivity index (χ4v) is 0.231. The molecular weight excluding hydrogens is 276 g/mol. The predicted octanol–water partition coefficient (Wildman–Crippen LogP) is -0.247. The number of nitrogens with zero attached hydrogens (tertiary/aromatic N) is 5. The molecule has 0 N–H and O–H groups in total. The minimum absolute atomic E-state index is 0. The fraction of sp³-hybridized carbons (Fsp3) is 0. The largest absolute Gasteiger partial charge is 0.339 e. The van der Waals surface area contributed by atoms with Gasteiger partial charge in [0.15, 0.2) is 0 Å². The summed E-state index contributed by atoms with van der Waals surface area (Å²) in [6.45, 7) is 0. The maximum absolute atomic E-state index is 9.69. The molecule has 0 unspecified atom stereocenters. The van der Waals surface area contributed by atoms with E-state index in [1.807, 2.05) is 0 Å². The Labute approximate surface area is 78.3 Å². The molecular formula is CH3ClIN5O2. The molecule has 0 saturated heterocycles. The van der Waals surface area contributed by atoms with E-state index in [4.69, 9.17) is 0 Å². The SMILES string of the molecule is Cl.I.O=[N+]([O-])n1cnnn1. The van der Waals surface area contributed by atoms with Gasteiger partial charge in [-0.25, -0.2) is 0 Å². The summed E-state index contributed by atoms with van der Waals surface area (Å²) in [5.41, 5.74) is 0. The van der Waals surface area contributed by atoms with Crippen molar-refractivity contribution in [3.8, 4) is 0 Å². The number of rotatable bonds is 1. The summed E-state index contributed by atoms with van der Waals surface area (Å²) in [6, 6.07) is 0. The summed E-state index contributed by atoms with van der Waals surface area (Å²) in [6.07, 6.45) is 0.903. The lowest BCUT2D eigenvalue weighted by Gasteiger charge is -1.82. The lowest BCUT2D eigenvalue weighted by Crippen LogP contribution is -2.08. The van der Waals surface area contributed by atoms with Crippen LogP contribution in [0.4, 0.5) is 0 Å². The van der Waals surface area contributed by atoms with Crippen LogP contribution in [-0.2, 0) is 0 Å². The van der Waals surface area contributed by atoms with Crippen molar-refractivity contribution in [2.75, 3.05) is 0 Å². The van der Waals surface area contributed by atoms with Crippen LogP contribution in [0.25, 0.3) is 0 Å². The average Bonchev–Trinajstić information content (AvgIpc) is 2.12. The first-order valence-electron chi connectivity index (χ1n) is 1.68. The van der Waals surface area contributed by atoms with E-state index < -0.39 is 5.03 Å². The molecule has 10 heavy (non-hydrogen) atoms. The van der Waals surface area contributed by atoms with Crippen LogP contribution in [-0.4, -0.2) is 25.3 Å². The van der Waals surface area contributed by atoms with Crippen LogP contribution in [0.1, 0.15) is 0 Å². The van der Waals surface area contributed by atoms with Crippen molar-refractivity contribution in [2.24, 2.45) is 0 Å². The molecule has 1 aromatic heterocycles. The van der Waals surface area contributed by atoms with Crippen molar-refractivity contribution in [2.45, 2.75) is 0 Å². The number of hydrogen-bond acceptors (Lipinski definition) is 5. The van der Waals surface area contributed by atoms with Crippen molar-refractivity contribution < 1.29 is 5.03 Å². The second-order valence-electron chi connectivity index (χ2n) is 0.968. The minimum atomic E-state index is -0.736. The van der Waals surface area contributed by atoms with Gasteiger partial charge in [0.2, 0.25) is 11.5 Å².